The number of aryl methyl sites for hydroxylation is 2. The summed E-state index contributed by atoms with van der Waals surface area (Å²) in [6, 6.07) is 11.4. The van der Waals surface area contributed by atoms with Gasteiger partial charge in [0.2, 0.25) is 0 Å². The highest BCUT2D eigenvalue weighted by atomic mass is 16.5. The Labute approximate surface area is 142 Å². The van der Waals surface area contributed by atoms with Crippen molar-refractivity contribution in [1.82, 2.24) is 0 Å². The zero-order valence-corrected chi connectivity index (χ0v) is 14.2. The molecule has 2 aromatic carbocycles. The van der Waals surface area contributed by atoms with Crippen LogP contribution in [-0.2, 0) is 4.79 Å². The minimum atomic E-state index is -0.964. The number of hydrogen-bond acceptors (Lipinski definition) is 3. The third-order valence-electron chi connectivity index (χ3n) is 3.67. The average molecular weight is 326 g/mol. The molecule has 0 fully saturated rings. The van der Waals surface area contributed by atoms with Gasteiger partial charge in [-0.2, -0.15) is 0 Å². The molecule has 4 heteroatoms. The Morgan fingerprint density at radius 1 is 1.04 bits per heavy atom. The number of aliphatic carboxylic acids is 1. The van der Waals surface area contributed by atoms with Crippen molar-refractivity contribution >= 4 is 12.0 Å². The lowest BCUT2D eigenvalue weighted by atomic mass is 10.1. The first kappa shape index (κ1) is 17.6. The summed E-state index contributed by atoms with van der Waals surface area (Å²) >= 11 is 0. The van der Waals surface area contributed by atoms with Crippen LogP contribution >= 0.6 is 0 Å². The number of rotatable bonds is 7. The summed E-state index contributed by atoms with van der Waals surface area (Å²) < 4.78 is 11.5. The minimum absolute atomic E-state index is 0.441. The van der Waals surface area contributed by atoms with Crippen molar-refractivity contribution in [3.8, 4) is 11.5 Å². The van der Waals surface area contributed by atoms with Gasteiger partial charge in [0.1, 0.15) is 24.7 Å². The van der Waals surface area contributed by atoms with Crippen molar-refractivity contribution in [2.24, 2.45) is 0 Å². The van der Waals surface area contributed by atoms with E-state index in [1.807, 2.05) is 37.3 Å². The van der Waals surface area contributed by atoms with Gasteiger partial charge < -0.3 is 14.6 Å². The predicted octanol–water partition coefficient (Wildman–Crippen LogP) is 4.17. The van der Waals surface area contributed by atoms with E-state index in [2.05, 4.69) is 19.9 Å². The molecule has 0 amide bonds. The maximum atomic E-state index is 10.5. The molecule has 0 heterocycles. The van der Waals surface area contributed by atoms with Gasteiger partial charge in [0.25, 0.3) is 0 Å². The van der Waals surface area contributed by atoms with Gasteiger partial charge >= 0.3 is 5.97 Å². The standard InChI is InChI=1S/C20H22O4/c1-14-12-15(2)16(3)19(13-14)24-11-10-23-18-7-4-17(5-8-18)6-9-20(21)22/h4-9,12-13H,10-11H2,1-3H3,(H,21,22). The van der Waals surface area contributed by atoms with Crippen molar-refractivity contribution in [3.63, 3.8) is 0 Å². The summed E-state index contributed by atoms with van der Waals surface area (Å²) in [5, 5.41) is 8.59. The number of carbonyl (C=O) groups is 1. The number of hydrogen-bond donors (Lipinski definition) is 1. The normalized spacial score (nSPS) is 10.8. The first-order valence-electron chi connectivity index (χ1n) is 7.80. The highest BCUT2D eigenvalue weighted by Crippen LogP contribution is 2.23. The van der Waals surface area contributed by atoms with Gasteiger partial charge in [0, 0.05) is 6.08 Å². The van der Waals surface area contributed by atoms with Crippen molar-refractivity contribution in [2.75, 3.05) is 13.2 Å². The number of carboxylic acid groups (broad SMARTS) is 1. The fourth-order valence-electron chi connectivity index (χ4n) is 2.30. The molecule has 0 radical (unpaired) electrons. The van der Waals surface area contributed by atoms with E-state index in [0.717, 1.165) is 28.7 Å². The molecule has 1 N–H and O–H groups in total. The number of carboxylic acids is 1. The lowest BCUT2D eigenvalue weighted by molar-refractivity contribution is -0.131. The second-order valence-electron chi connectivity index (χ2n) is 5.64. The molecule has 0 saturated heterocycles. The Morgan fingerprint density at radius 2 is 1.71 bits per heavy atom. The van der Waals surface area contributed by atoms with Crippen LogP contribution in [0.4, 0.5) is 0 Å². The number of benzene rings is 2. The van der Waals surface area contributed by atoms with Crippen molar-refractivity contribution in [3.05, 3.63) is 64.7 Å². The second kappa shape index (κ2) is 8.20. The van der Waals surface area contributed by atoms with E-state index in [9.17, 15) is 4.79 Å². The summed E-state index contributed by atoms with van der Waals surface area (Å²) in [6.07, 6.45) is 2.65. The highest BCUT2D eigenvalue weighted by Gasteiger charge is 2.04. The van der Waals surface area contributed by atoms with E-state index in [-0.39, 0.29) is 0 Å². The summed E-state index contributed by atoms with van der Waals surface area (Å²) in [6.45, 7) is 7.08. The molecule has 0 saturated carbocycles. The Hall–Kier alpha value is -2.75. The predicted molar refractivity (Wildman–Crippen MR) is 94.8 cm³/mol. The van der Waals surface area contributed by atoms with Gasteiger partial charge in [-0.3, -0.25) is 0 Å². The maximum absolute atomic E-state index is 10.5. The lowest BCUT2D eigenvalue weighted by Gasteiger charge is -2.13. The maximum Gasteiger partial charge on any atom is 0.328 e. The molecule has 24 heavy (non-hydrogen) atoms. The second-order valence-corrected chi connectivity index (χ2v) is 5.64. The van der Waals surface area contributed by atoms with Crippen molar-refractivity contribution in [1.29, 1.82) is 0 Å². The third kappa shape index (κ3) is 5.16. The fourth-order valence-corrected chi connectivity index (χ4v) is 2.30. The molecule has 0 aromatic heterocycles. The molecule has 0 bridgehead atoms. The van der Waals surface area contributed by atoms with E-state index < -0.39 is 5.97 Å². The summed E-state index contributed by atoms with van der Waals surface area (Å²) in [4.78, 5) is 10.5. The molecule has 126 valence electrons. The summed E-state index contributed by atoms with van der Waals surface area (Å²) in [7, 11) is 0. The SMILES string of the molecule is Cc1cc(C)c(C)c(OCCOc2ccc(C=CC(=O)O)cc2)c1. The van der Waals surface area contributed by atoms with E-state index >= 15 is 0 Å². The van der Waals surface area contributed by atoms with E-state index in [1.54, 1.807) is 0 Å². The molecule has 0 atom stereocenters. The molecule has 4 nitrogen and oxygen atoms in total. The summed E-state index contributed by atoms with van der Waals surface area (Å²) in [5.41, 5.74) is 4.36. The van der Waals surface area contributed by atoms with Crippen LogP contribution in [0.5, 0.6) is 11.5 Å². The Bertz CT molecular complexity index is 730. The van der Waals surface area contributed by atoms with E-state index in [0.29, 0.717) is 13.2 Å². The monoisotopic (exact) mass is 326 g/mol. The Kier molecular flexibility index (Phi) is 6.01. The summed E-state index contributed by atoms with van der Waals surface area (Å²) in [5.74, 6) is 0.655. The number of ether oxygens (including phenoxy) is 2. The van der Waals surface area contributed by atoms with Crippen LogP contribution in [-0.4, -0.2) is 24.3 Å². The van der Waals surface area contributed by atoms with Gasteiger partial charge in [-0.1, -0.05) is 18.2 Å². The highest BCUT2D eigenvalue weighted by molar-refractivity contribution is 5.85. The average Bonchev–Trinajstić information content (AvgIpc) is 2.55. The van der Waals surface area contributed by atoms with Crippen LogP contribution in [0.15, 0.2) is 42.5 Å². The Morgan fingerprint density at radius 3 is 2.38 bits per heavy atom. The van der Waals surface area contributed by atoms with Crippen molar-refractivity contribution in [2.45, 2.75) is 20.8 Å². The van der Waals surface area contributed by atoms with Gasteiger partial charge in [0.15, 0.2) is 0 Å². The lowest BCUT2D eigenvalue weighted by Crippen LogP contribution is -2.10. The topological polar surface area (TPSA) is 55.8 Å². The van der Waals surface area contributed by atoms with Crippen LogP contribution in [0.25, 0.3) is 6.08 Å². The van der Waals surface area contributed by atoms with Gasteiger partial charge in [0.05, 0.1) is 0 Å². The quantitative estimate of drug-likeness (QED) is 0.613. The zero-order valence-electron chi connectivity index (χ0n) is 14.2. The largest absolute Gasteiger partial charge is 0.490 e. The van der Waals surface area contributed by atoms with Gasteiger partial charge in [-0.15, -0.1) is 0 Å². The minimum Gasteiger partial charge on any atom is -0.490 e. The van der Waals surface area contributed by atoms with Crippen LogP contribution < -0.4 is 9.47 Å². The van der Waals surface area contributed by atoms with Gasteiger partial charge in [-0.25, -0.2) is 4.79 Å². The third-order valence-corrected chi connectivity index (χ3v) is 3.67. The first-order chi connectivity index (χ1) is 11.5. The smallest absolute Gasteiger partial charge is 0.328 e. The van der Waals surface area contributed by atoms with Crippen LogP contribution in [0.1, 0.15) is 22.3 Å². The molecule has 0 unspecified atom stereocenters. The van der Waals surface area contributed by atoms with Gasteiger partial charge in [-0.05, 0) is 67.3 Å². The molecule has 0 spiro atoms. The molecular formula is C20H22O4. The van der Waals surface area contributed by atoms with Crippen LogP contribution in [0, 0.1) is 20.8 Å². The van der Waals surface area contributed by atoms with Crippen molar-refractivity contribution < 1.29 is 19.4 Å². The molecule has 0 aliphatic heterocycles. The molecule has 2 rings (SSSR count). The molecular weight excluding hydrogens is 304 g/mol. The molecule has 0 aliphatic rings. The van der Waals surface area contributed by atoms with E-state index in [4.69, 9.17) is 14.6 Å². The Balaban J connectivity index is 1.83. The van der Waals surface area contributed by atoms with E-state index in [1.165, 1.54) is 17.2 Å². The molecule has 0 aliphatic carbocycles. The van der Waals surface area contributed by atoms with Crippen LogP contribution in [0.2, 0.25) is 0 Å². The molecule has 2 aromatic rings. The first-order valence-corrected chi connectivity index (χ1v) is 7.80. The fraction of sp³-hybridized carbons (Fsp3) is 0.250. The van der Waals surface area contributed by atoms with Crippen LogP contribution in [0.3, 0.4) is 0 Å². The zero-order chi connectivity index (χ0) is 17.5.